The van der Waals surface area contributed by atoms with Crippen molar-refractivity contribution in [1.29, 1.82) is 0 Å². The Hall–Kier alpha value is -4.14. The van der Waals surface area contributed by atoms with Crippen LogP contribution in [-0.4, -0.2) is 54.5 Å². The first-order valence-electron chi connectivity index (χ1n) is 12.9. The molecule has 0 aliphatic carbocycles. The fourth-order valence-corrected chi connectivity index (χ4v) is 4.55. The Morgan fingerprint density at radius 2 is 1.92 bits per heavy atom. The summed E-state index contributed by atoms with van der Waals surface area (Å²) in [4.78, 5) is 16.3. The summed E-state index contributed by atoms with van der Waals surface area (Å²) < 4.78 is 3.89. The van der Waals surface area contributed by atoms with Gasteiger partial charge in [0, 0.05) is 54.5 Å². The molecule has 0 aromatic carbocycles. The topological polar surface area (TPSA) is 102 Å². The molecule has 3 N–H and O–H groups in total. The number of pyridine rings is 1. The number of nitrogens with one attached hydrogen (secondary N) is 1. The quantitative estimate of drug-likeness (QED) is 0.541. The Morgan fingerprint density at radius 3 is 2.57 bits per heavy atom. The van der Waals surface area contributed by atoms with Gasteiger partial charge in [0.2, 0.25) is 0 Å². The highest BCUT2D eigenvalue weighted by atomic mass is 15.3. The van der Waals surface area contributed by atoms with Gasteiger partial charge in [-0.25, -0.2) is 4.98 Å². The van der Waals surface area contributed by atoms with Crippen molar-refractivity contribution in [2.75, 3.05) is 25.4 Å². The molecule has 0 saturated carbocycles. The maximum absolute atomic E-state index is 6.43. The molecule has 1 fully saturated rings. The SMILES string of the molecule is C=C(C)N1CCC(n2cnc3c(-c4ccc(C5=NCC=CN5)nc4)cnn3c(N)cc(C)c2)CC1.CC. The van der Waals surface area contributed by atoms with Crippen LogP contribution >= 0.6 is 0 Å². The Labute approximate surface area is 218 Å². The van der Waals surface area contributed by atoms with Crippen LogP contribution in [0.15, 0.2) is 72.7 Å². The predicted molar refractivity (Wildman–Crippen MR) is 151 cm³/mol. The molecule has 2 aliphatic rings. The first-order chi connectivity index (χ1) is 18.0. The summed E-state index contributed by atoms with van der Waals surface area (Å²) in [6, 6.07) is 6.26. The minimum Gasteiger partial charge on any atom is -0.384 e. The summed E-state index contributed by atoms with van der Waals surface area (Å²) in [6.45, 7) is 14.8. The third-order valence-corrected chi connectivity index (χ3v) is 6.47. The second kappa shape index (κ2) is 11.7. The smallest absolute Gasteiger partial charge is 0.166 e. The van der Waals surface area contributed by atoms with Gasteiger partial charge >= 0.3 is 0 Å². The van der Waals surface area contributed by atoms with E-state index in [0.717, 1.165) is 59.8 Å². The van der Waals surface area contributed by atoms with E-state index in [1.807, 2.05) is 63.8 Å². The van der Waals surface area contributed by atoms with Crippen molar-refractivity contribution in [2.45, 2.75) is 46.6 Å². The van der Waals surface area contributed by atoms with Crippen LogP contribution in [0.3, 0.4) is 0 Å². The average molecular weight is 500 g/mol. The van der Waals surface area contributed by atoms with Gasteiger partial charge in [-0.05, 0) is 50.5 Å². The first-order valence-corrected chi connectivity index (χ1v) is 12.9. The highest BCUT2D eigenvalue weighted by Crippen LogP contribution is 2.26. The summed E-state index contributed by atoms with van der Waals surface area (Å²) >= 11 is 0. The van der Waals surface area contributed by atoms with E-state index in [9.17, 15) is 0 Å². The number of nitrogens with zero attached hydrogens (tertiary/aromatic N) is 7. The molecular weight excluding hydrogens is 462 g/mol. The summed E-state index contributed by atoms with van der Waals surface area (Å²) in [5, 5.41) is 7.69. The average Bonchev–Trinajstić information content (AvgIpc) is 3.38. The molecule has 194 valence electrons. The van der Waals surface area contributed by atoms with Gasteiger partial charge in [0.05, 0.1) is 19.1 Å². The number of rotatable bonds is 4. The van der Waals surface area contributed by atoms with Crippen molar-refractivity contribution in [1.82, 2.24) is 34.4 Å². The molecule has 5 rings (SSSR count). The van der Waals surface area contributed by atoms with Crippen LogP contribution in [0, 0.1) is 6.92 Å². The summed E-state index contributed by atoms with van der Waals surface area (Å²) in [5.41, 5.74) is 11.8. The van der Waals surface area contributed by atoms with E-state index in [-0.39, 0.29) is 0 Å². The van der Waals surface area contributed by atoms with E-state index in [1.165, 1.54) is 0 Å². The molecule has 0 radical (unpaired) electrons. The van der Waals surface area contributed by atoms with E-state index >= 15 is 0 Å². The number of aryl methyl sites for hydroxylation is 1. The molecule has 3 aromatic rings. The molecule has 5 heterocycles. The number of nitrogens with two attached hydrogens (primary N) is 1. The second-order valence-corrected chi connectivity index (χ2v) is 9.05. The number of aromatic nitrogens is 5. The number of hydrogen-bond donors (Lipinski definition) is 2. The Bertz CT molecular complexity index is 1350. The van der Waals surface area contributed by atoms with Crippen molar-refractivity contribution in [3.63, 3.8) is 0 Å². The van der Waals surface area contributed by atoms with Gasteiger partial charge < -0.3 is 20.5 Å². The third-order valence-electron chi connectivity index (χ3n) is 6.47. The number of nitrogen functional groups attached to an aromatic ring is 1. The van der Waals surface area contributed by atoms with Gasteiger partial charge in [-0.2, -0.15) is 9.61 Å². The molecule has 3 aromatic heterocycles. The number of aliphatic imine (C=N–C) groups is 1. The Kier molecular flexibility index (Phi) is 8.22. The first kappa shape index (κ1) is 25.9. The lowest BCUT2D eigenvalue weighted by Crippen LogP contribution is -2.33. The maximum atomic E-state index is 6.43. The molecule has 0 atom stereocenters. The fourth-order valence-electron chi connectivity index (χ4n) is 4.55. The number of likely N-dealkylation sites (tertiary alicyclic amines) is 1. The fraction of sp³-hybridized carbons (Fsp3) is 0.357. The molecule has 2 aliphatic heterocycles. The van der Waals surface area contributed by atoms with Crippen LogP contribution in [0.4, 0.5) is 5.82 Å². The number of amidine groups is 1. The van der Waals surface area contributed by atoms with E-state index in [4.69, 9.17) is 10.7 Å². The van der Waals surface area contributed by atoms with Crippen LogP contribution in [0.5, 0.6) is 0 Å². The van der Waals surface area contributed by atoms with E-state index in [0.29, 0.717) is 24.1 Å². The highest BCUT2D eigenvalue weighted by molar-refractivity contribution is 5.98. The molecule has 0 amide bonds. The van der Waals surface area contributed by atoms with Crippen molar-refractivity contribution in [3.8, 4) is 11.1 Å². The molecule has 0 bridgehead atoms. The van der Waals surface area contributed by atoms with Gasteiger partial charge in [-0.15, -0.1) is 0 Å². The normalized spacial score (nSPS) is 15.4. The van der Waals surface area contributed by atoms with E-state index < -0.39 is 0 Å². The second-order valence-electron chi connectivity index (χ2n) is 9.05. The van der Waals surface area contributed by atoms with Crippen molar-refractivity contribution in [2.24, 2.45) is 4.99 Å². The molecule has 9 nitrogen and oxygen atoms in total. The van der Waals surface area contributed by atoms with Gasteiger partial charge in [0.25, 0.3) is 0 Å². The van der Waals surface area contributed by atoms with E-state index in [2.05, 4.69) is 49.6 Å². The number of hydrogen-bond acceptors (Lipinski definition) is 7. The summed E-state index contributed by atoms with van der Waals surface area (Å²) in [6.07, 6.45) is 13.6. The largest absolute Gasteiger partial charge is 0.384 e. The molecule has 0 spiro atoms. The summed E-state index contributed by atoms with van der Waals surface area (Å²) in [5.74, 6) is 1.29. The monoisotopic (exact) mass is 499 g/mol. The van der Waals surface area contributed by atoms with Gasteiger partial charge in [-0.3, -0.25) is 9.98 Å². The zero-order valence-electron chi connectivity index (χ0n) is 22.2. The third kappa shape index (κ3) is 5.82. The molecule has 1 saturated heterocycles. The van der Waals surface area contributed by atoms with Gasteiger partial charge in [-0.1, -0.05) is 26.5 Å². The zero-order chi connectivity index (χ0) is 26.4. The lowest BCUT2D eigenvalue weighted by atomic mass is 10.0. The van der Waals surface area contributed by atoms with Gasteiger partial charge in [0.15, 0.2) is 11.5 Å². The lowest BCUT2D eigenvalue weighted by Gasteiger charge is -2.34. The highest BCUT2D eigenvalue weighted by Gasteiger charge is 2.19. The Morgan fingerprint density at radius 1 is 1.14 bits per heavy atom. The van der Waals surface area contributed by atoms with Crippen LogP contribution in [0.25, 0.3) is 16.8 Å². The number of piperidine rings is 1. The minimum absolute atomic E-state index is 0.357. The van der Waals surface area contributed by atoms with Crippen molar-refractivity contribution < 1.29 is 0 Å². The number of anilines is 1. The van der Waals surface area contributed by atoms with E-state index in [1.54, 1.807) is 10.7 Å². The maximum Gasteiger partial charge on any atom is 0.166 e. The van der Waals surface area contributed by atoms with Crippen LogP contribution in [-0.2, 0) is 0 Å². The summed E-state index contributed by atoms with van der Waals surface area (Å²) in [7, 11) is 0. The van der Waals surface area contributed by atoms with Crippen LogP contribution < -0.4 is 11.1 Å². The standard InChI is InChI=1S/C26H31N9.C2H6/c1-18(2)33-11-7-21(8-12-33)34-16-19(3)13-24(27)35-26(31-17-34)22(15-32-35)20-5-6-23(30-14-20)25-28-9-4-10-29-25;1-2/h4-6,9,13-17,21H,1,7-8,10-12,27H2,2-3H3,(H,28,29);1-2H3. The number of allylic oxidation sites excluding steroid dienone is 1. The lowest BCUT2D eigenvalue weighted by molar-refractivity contribution is 0.228. The minimum atomic E-state index is 0.357. The molecule has 0 unspecified atom stereocenters. The van der Waals surface area contributed by atoms with Crippen LogP contribution in [0.2, 0.25) is 0 Å². The zero-order valence-corrected chi connectivity index (χ0v) is 22.2. The molecular formula is C28H37N9. The van der Waals surface area contributed by atoms with Crippen LogP contribution in [0.1, 0.15) is 50.9 Å². The van der Waals surface area contributed by atoms with Gasteiger partial charge in [0.1, 0.15) is 11.5 Å². The molecule has 37 heavy (non-hydrogen) atoms. The molecule has 9 heteroatoms. The Balaban J connectivity index is 0.00000156. The van der Waals surface area contributed by atoms with Crippen molar-refractivity contribution >= 4 is 17.3 Å². The number of fused-ring (bicyclic) bond motifs is 1. The predicted octanol–water partition coefficient (Wildman–Crippen LogP) is 4.67. The van der Waals surface area contributed by atoms with Crippen molar-refractivity contribution in [3.05, 3.63) is 78.9 Å².